The molecule has 3 rings (SSSR count). The number of benzene rings is 1. The van der Waals surface area contributed by atoms with Gasteiger partial charge in [0.05, 0.1) is 0 Å². The van der Waals surface area contributed by atoms with E-state index in [1.54, 1.807) is 0 Å². The number of nitrogens with zero attached hydrogens (tertiary/aromatic N) is 1. The SMILES string of the molecule is CCCN1CC2(CCCCC2)NCC1Cc1ccccc1. The minimum absolute atomic E-state index is 0.431. The second-order valence-electron chi connectivity index (χ2n) is 7.04. The summed E-state index contributed by atoms with van der Waals surface area (Å²) in [6.07, 6.45) is 9.47. The Kier molecular flexibility index (Phi) is 4.97. The highest BCUT2D eigenvalue weighted by Gasteiger charge is 2.39. The van der Waals surface area contributed by atoms with Crippen LogP contribution in [-0.2, 0) is 6.42 Å². The summed E-state index contributed by atoms with van der Waals surface area (Å²) in [5, 5.41) is 3.95. The predicted octanol–water partition coefficient (Wildman–Crippen LogP) is 3.62. The van der Waals surface area contributed by atoms with Gasteiger partial charge in [-0.2, -0.15) is 0 Å². The van der Waals surface area contributed by atoms with Gasteiger partial charge in [-0.25, -0.2) is 0 Å². The molecule has 1 N–H and O–H groups in total. The van der Waals surface area contributed by atoms with Gasteiger partial charge in [0, 0.05) is 24.7 Å². The van der Waals surface area contributed by atoms with Crippen molar-refractivity contribution in [3.05, 3.63) is 35.9 Å². The summed E-state index contributed by atoms with van der Waals surface area (Å²) in [7, 11) is 0. The lowest BCUT2D eigenvalue weighted by Crippen LogP contribution is -2.65. The Bertz CT molecular complexity index is 422. The van der Waals surface area contributed by atoms with Gasteiger partial charge in [-0.15, -0.1) is 0 Å². The molecule has 2 aliphatic rings. The summed E-state index contributed by atoms with van der Waals surface area (Å²) in [4.78, 5) is 2.77. The molecule has 1 aromatic carbocycles. The highest BCUT2D eigenvalue weighted by Crippen LogP contribution is 2.32. The van der Waals surface area contributed by atoms with Gasteiger partial charge in [0.2, 0.25) is 0 Å². The summed E-state index contributed by atoms with van der Waals surface area (Å²) >= 11 is 0. The normalized spacial score (nSPS) is 26.0. The Morgan fingerprint density at radius 2 is 1.90 bits per heavy atom. The molecule has 0 radical (unpaired) electrons. The number of hydrogen-bond acceptors (Lipinski definition) is 2. The van der Waals surface area contributed by atoms with E-state index in [1.165, 1.54) is 63.6 Å². The van der Waals surface area contributed by atoms with Crippen LogP contribution in [0.2, 0.25) is 0 Å². The standard InChI is InChI=1S/C19H30N2/c1-2-13-21-16-19(11-7-4-8-12-19)20-15-18(21)14-17-9-5-3-6-10-17/h3,5-6,9-10,18,20H,2,4,7-8,11-16H2,1H3. The first-order valence-corrected chi connectivity index (χ1v) is 8.84. The molecule has 2 fully saturated rings. The van der Waals surface area contributed by atoms with Crippen LogP contribution in [0, 0.1) is 0 Å². The Balaban J connectivity index is 1.67. The van der Waals surface area contributed by atoms with Gasteiger partial charge in [-0.3, -0.25) is 4.90 Å². The Hall–Kier alpha value is -0.860. The van der Waals surface area contributed by atoms with Crippen LogP contribution in [0.1, 0.15) is 51.0 Å². The molecule has 21 heavy (non-hydrogen) atoms. The monoisotopic (exact) mass is 286 g/mol. The van der Waals surface area contributed by atoms with Gasteiger partial charge < -0.3 is 5.32 Å². The van der Waals surface area contributed by atoms with Crippen molar-refractivity contribution in [1.29, 1.82) is 0 Å². The topological polar surface area (TPSA) is 15.3 Å². The molecule has 1 saturated heterocycles. The fourth-order valence-electron chi connectivity index (χ4n) is 4.24. The molecule has 1 aliphatic heterocycles. The molecule has 1 aliphatic carbocycles. The Morgan fingerprint density at radius 3 is 2.62 bits per heavy atom. The molecule has 2 nitrogen and oxygen atoms in total. The van der Waals surface area contributed by atoms with Crippen molar-refractivity contribution in [3.63, 3.8) is 0 Å². The van der Waals surface area contributed by atoms with E-state index in [1.807, 2.05) is 0 Å². The van der Waals surface area contributed by atoms with Crippen molar-refractivity contribution in [2.24, 2.45) is 0 Å². The van der Waals surface area contributed by atoms with E-state index >= 15 is 0 Å². The summed E-state index contributed by atoms with van der Waals surface area (Å²) in [5.74, 6) is 0. The van der Waals surface area contributed by atoms with Crippen molar-refractivity contribution in [1.82, 2.24) is 10.2 Å². The van der Waals surface area contributed by atoms with Gasteiger partial charge in [0.25, 0.3) is 0 Å². The molecule has 1 aromatic rings. The maximum atomic E-state index is 3.95. The summed E-state index contributed by atoms with van der Waals surface area (Å²) in [6, 6.07) is 11.7. The molecular weight excluding hydrogens is 256 g/mol. The van der Waals surface area contributed by atoms with Crippen LogP contribution in [0.3, 0.4) is 0 Å². The molecular formula is C19H30N2. The molecule has 1 atom stereocenters. The first kappa shape index (κ1) is 15.1. The Labute approximate surface area is 129 Å². The van der Waals surface area contributed by atoms with Crippen LogP contribution in [0.4, 0.5) is 0 Å². The fourth-order valence-corrected chi connectivity index (χ4v) is 4.24. The molecule has 0 bridgehead atoms. The maximum Gasteiger partial charge on any atom is 0.0309 e. The van der Waals surface area contributed by atoms with Crippen LogP contribution >= 0.6 is 0 Å². The average molecular weight is 286 g/mol. The minimum Gasteiger partial charge on any atom is -0.308 e. The van der Waals surface area contributed by atoms with E-state index in [0.29, 0.717) is 11.6 Å². The molecule has 116 valence electrons. The number of hydrogen-bond donors (Lipinski definition) is 1. The van der Waals surface area contributed by atoms with Crippen LogP contribution in [0.25, 0.3) is 0 Å². The quantitative estimate of drug-likeness (QED) is 0.909. The lowest BCUT2D eigenvalue weighted by Gasteiger charge is -2.50. The first-order valence-electron chi connectivity index (χ1n) is 8.84. The smallest absolute Gasteiger partial charge is 0.0309 e. The molecule has 0 aromatic heterocycles. The summed E-state index contributed by atoms with van der Waals surface area (Å²) < 4.78 is 0. The zero-order chi connectivity index (χ0) is 14.5. The van der Waals surface area contributed by atoms with Gasteiger partial charge in [-0.1, -0.05) is 56.5 Å². The van der Waals surface area contributed by atoms with E-state index in [2.05, 4.69) is 47.5 Å². The largest absolute Gasteiger partial charge is 0.308 e. The number of piperazine rings is 1. The number of nitrogens with one attached hydrogen (secondary N) is 1. The Morgan fingerprint density at radius 1 is 1.14 bits per heavy atom. The lowest BCUT2D eigenvalue weighted by molar-refractivity contribution is 0.0558. The van der Waals surface area contributed by atoms with Crippen molar-refractivity contribution in [2.45, 2.75) is 63.5 Å². The summed E-state index contributed by atoms with van der Waals surface area (Å²) in [5.41, 5.74) is 1.91. The second kappa shape index (κ2) is 6.93. The molecule has 2 heteroatoms. The highest BCUT2D eigenvalue weighted by atomic mass is 15.3. The molecule has 0 amide bonds. The third-order valence-corrected chi connectivity index (χ3v) is 5.37. The fraction of sp³-hybridized carbons (Fsp3) is 0.684. The zero-order valence-electron chi connectivity index (χ0n) is 13.5. The first-order chi connectivity index (χ1) is 10.3. The predicted molar refractivity (Wildman–Crippen MR) is 89.6 cm³/mol. The van der Waals surface area contributed by atoms with E-state index in [0.717, 1.165) is 6.54 Å². The van der Waals surface area contributed by atoms with E-state index < -0.39 is 0 Å². The second-order valence-corrected chi connectivity index (χ2v) is 7.04. The van der Waals surface area contributed by atoms with Crippen molar-refractivity contribution in [3.8, 4) is 0 Å². The van der Waals surface area contributed by atoms with E-state index in [-0.39, 0.29) is 0 Å². The highest BCUT2D eigenvalue weighted by molar-refractivity contribution is 5.17. The molecule has 1 heterocycles. The molecule has 1 unspecified atom stereocenters. The van der Waals surface area contributed by atoms with Crippen molar-refractivity contribution in [2.75, 3.05) is 19.6 Å². The van der Waals surface area contributed by atoms with Crippen molar-refractivity contribution < 1.29 is 0 Å². The van der Waals surface area contributed by atoms with Gasteiger partial charge >= 0.3 is 0 Å². The maximum absolute atomic E-state index is 3.95. The van der Waals surface area contributed by atoms with Gasteiger partial charge in [0.1, 0.15) is 0 Å². The summed E-state index contributed by atoms with van der Waals surface area (Å²) in [6.45, 7) is 5.99. The number of rotatable bonds is 4. The molecule has 1 spiro atoms. The van der Waals surface area contributed by atoms with Crippen LogP contribution in [0.15, 0.2) is 30.3 Å². The average Bonchev–Trinajstić information content (AvgIpc) is 2.52. The van der Waals surface area contributed by atoms with Gasteiger partial charge in [0.15, 0.2) is 0 Å². The van der Waals surface area contributed by atoms with E-state index in [4.69, 9.17) is 0 Å². The lowest BCUT2D eigenvalue weighted by atomic mass is 9.79. The van der Waals surface area contributed by atoms with Crippen LogP contribution in [-0.4, -0.2) is 36.1 Å². The van der Waals surface area contributed by atoms with Gasteiger partial charge in [-0.05, 0) is 37.8 Å². The van der Waals surface area contributed by atoms with Crippen LogP contribution < -0.4 is 5.32 Å². The van der Waals surface area contributed by atoms with E-state index in [9.17, 15) is 0 Å². The third-order valence-electron chi connectivity index (χ3n) is 5.37. The third kappa shape index (κ3) is 3.67. The van der Waals surface area contributed by atoms with Crippen LogP contribution in [0.5, 0.6) is 0 Å². The van der Waals surface area contributed by atoms with Crippen molar-refractivity contribution >= 4 is 0 Å². The molecule has 1 saturated carbocycles. The zero-order valence-corrected chi connectivity index (χ0v) is 13.5. The minimum atomic E-state index is 0.431.